The lowest BCUT2D eigenvalue weighted by Gasteiger charge is -1.60. The van der Waals surface area contributed by atoms with E-state index in [4.69, 9.17) is 1.43 Å². The van der Waals surface area contributed by atoms with Crippen molar-refractivity contribution in [2.24, 2.45) is 0 Å². The smallest absolute Gasteiger partial charge is 0.381 e. The van der Waals surface area contributed by atoms with Crippen LogP contribution in [-0.2, 0) is 4.79 Å². The number of carbonyl (C=O) groups is 1. The highest BCUT2D eigenvalue weighted by Gasteiger charge is 1.74. The topological polar surface area (TPSA) is 37.3 Å². The molecule has 0 atom stereocenters. The van der Waals surface area contributed by atoms with E-state index in [1.807, 2.05) is 0 Å². The average Bonchev–Trinajstić information content (AvgIpc) is 1.65. The van der Waals surface area contributed by atoms with Crippen LogP contribution >= 0.6 is 0 Å². The van der Waals surface area contributed by atoms with Crippen molar-refractivity contribution in [1.82, 2.24) is 0 Å². The van der Waals surface area contributed by atoms with Crippen molar-refractivity contribution in [3.8, 4) is 12.3 Å². The molecule has 0 aliphatic heterocycles. The van der Waals surface area contributed by atoms with Crippen molar-refractivity contribution < 1.29 is 9.90 Å². The minimum atomic E-state index is -0.963. The van der Waals surface area contributed by atoms with Crippen LogP contribution in [0.15, 0.2) is 0 Å². The molecule has 0 radical (unpaired) electrons. The fourth-order valence-corrected chi connectivity index (χ4v) is 0. The summed E-state index contributed by atoms with van der Waals surface area (Å²) in [6.07, 6.45) is 4.44. The highest BCUT2D eigenvalue weighted by Crippen LogP contribution is 1.44. The van der Waals surface area contributed by atoms with Gasteiger partial charge in [0.15, 0.2) is 0 Å². The molecule has 0 aromatic heterocycles. The van der Waals surface area contributed by atoms with Gasteiger partial charge in [0.2, 0.25) is 0 Å². The van der Waals surface area contributed by atoms with Crippen molar-refractivity contribution in [1.29, 1.82) is 1.43 Å². The van der Waals surface area contributed by atoms with E-state index in [0.717, 1.165) is 0 Å². The molecule has 26 valence electrons. The zero-order chi connectivity index (χ0) is 4.99. The molecule has 0 fully saturated rings. The highest BCUT2D eigenvalue weighted by molar-refractivity contribution is 5.85. The van der Waals surface area contributed by atoms with Crippen LogP contribution in [0.4, 0.5) is 0 Å². The summed E-state index contributed by atoms with van der Waals surface area (Å²) in [5.74, 6) is 0.603. The third-order valence-corrected chi connectivity index (χ3v) is 0.118. The Morgan fingerprint density at radius 2 is 3.00 bits per heavy atom. The van der Waals surface area contributed by atoms with Gasteiger partial charge in [0.1, 0.15) is 0 Å². The summed E-state index contributed by atoms with van der Waals surface area (Å²) < 4.78 is 5.82. The normalized spacial score (nSPS) is 7.40. The maximum atomic E-state index is 9.53. The molecule has 0 aliphatic carbocycles. The average molecular weight is 71.1 g/mol. The second kappa shape index (κ2) is 1.36. The lowest BCUT2D eigenvalue weighted by atomic mass is 10.7. The van der Waals surface area contributed by atoms with Gasteiger partial charge in [0.05, 0.1) is 0 Å². The van der Waals surface area contributed by atoms with Crippen molar-refractivity contribution in [2.75, 3.05) is 0 Å². The van der Waals surface area contributed by atoms with Crippen molar-refractivity contribution in [2.45, 2.75) is 0 Å². The van der Waals surface area contributed by atoms with E-state index in [-0.39, 0.29) is 0 Å². The van der Waals surface area contributed by atoms with Crippen LogP contribution in [0, 0.1) is 12.3 Å². The largest absolute Gasteiger partial charge is 0.472 e. The first-order valence-electron chi connectivity index (χ1n) is 1.36. The van der Waals surface area contributed by atoms with Crippen LogP contribution in [0.2, 0.25) is 0 Å². The van der Waals surface area contributed by atoms with Gasteiger partial charge in [-0.1, -0.05) is 0 Å². The Morgan fingerprint density at radius 1 is 2.40 bits per heavy atom. The van der Waals surface area contributed by atoms with Gasteiger partial charge in [0.25, 0.3) is 1.43 Å². The Labute approximate surface area is 30.9 Å². The van der Waals surface area contributed by atoms with Crippen LogP contribution in [-0.4, -0.2) is 11.1 Å². The van der Waals surface area contributed by atoms with Gasteiger partial charge in [-0.05, 0) is 0 Å². The second-order valence-corrected chi connectivity index (χ2v) is 0.432. The van der Waals surface area contributed by atoms with E-state index in [1.54, 1.807) is 5.92 Å². The molecule has 0 heterocycles. The molecule has 0 saturated carbocycles. The van der Waals surface area contributed by atoms with E-state index in [2.05, 4.69) is 11.5 Å². The van der Waals surface area contributed by atoms with Gasteiger partial charge in [-0.2, -0.15) is 0 Å². The number of hydrogen-bond acceptors (Lipinski definition) is 2. The molecular weight excluding hydrogens is 68.0 g/mol. The SMILES string of the molecule is [2H]OC(=O)C#C. The van der Waals surface area contributed by atoms with Gasteiger partial charge < -0.3 is 5.11 Å². The Kier molecular flexibility index (Phi) is 0.620. The lowest BCUT2D eigenvalue weighted by molar-refractivity contribution is -0.130. The van der Waals surface area contributed by atoms with Crippen molar-refractivity contribution in [3.05, 3.63) is 0 Å². The first-order chi connectivity index (χ1) is 2.81. The standard InChI is InChI=1S/C3H2O2/c1-2-3(4)5/h1H,(H,4,5)/i/hD. The van der Waals surface area contributed by atoms with Crippen LogP contribution in [0.3, 0.4) is 0 Å². The Bertz CT molecular complexity index is 91.5. The third-order valence-electron chi connectivity index (χ3n) is 0.118. The molecule has 0 amide bonds. The molecule has 0 unspecified atom stereocenters. The summed E-state index contributed by atoms with van der Waals surface area (Å²) in [5, 5.41) is 3.27. The minimum Gasteiger partial charge on any atom is -0.472 e. The first-order valence-corrected chi connectivity index (χ1v) is 0.947. The molecule has 0 aliphatic rings. The zero-order valence-electron chi connectivity index (χ0n) is 3.39. The van der Waals surface area contributed by atoms with Gasteiger partial charge in [-0.3, -0.25) is 0 Å². The maximum absolute atomic E-state index is 9.53. The van der Waals surface area contributed by atoms with E-state index in [1.165, 1.54) is 0 Å². The summed E-state index contributed by atoms with van der Waals surface area (Å²) in [4.78, 5) is 9.53. The van der Waals surface area contributed by atoms with Crippen LogP contribution in [0.1, 0.15) is 0 Å². The summed E-state index contributed by atoms with van der Waals surface area (Å²) in [5.41, 5.74) is 0. The van der Waals surface area contributed by atoms with E-state index in [9.17, 15) is 4.79 Å². The maximum Gasteiger partial charge on any atom is 0.381 e. The number of carboxylic acid groups (broad SMARTS) is 1. The summed E-state index contributed by atoms with van der Waals surface area (Å²) in [6.45, 7) is 0. The van der Waals surface area contributed by atoms with Crippen molar-refractivity contribution in [3.63, 3.8) is 0 Å². The number of carboxylic acids is 1. The first kappa shape index (κ1) is 2.28. The molecule has 0 bridgehead atoms. The highest BCUT2D eigenvalue weighted by atomic mass is 16.4. The number of terminal acetylenes is 1. The van der Waals surface area contributed by atoms with Gasteiger partial charge in [-0.25, -0.2) is 4.79 Å². The fraction of sp³-hybridized carbons (Fsp3) is 0. The number of aliphatic carboxylic acids is 1. The summed E-state index contributed by atoms with van der Waals surface area (Å²) in [6, 6.07) is 0. The molecule has 0 aromatic rings. The Hall–Kier alpha value is -0.970. The number of rotatable bonds is 0. The molecule has 0 spiro atoms. The fourth-order valence-electron chi connectivity index (χ4n) is 0. The zero-order valence-corrected chi connectivity index (χ0v) is 2.39. The quantitative estimate of drug-likeness (QED) is 0.398. The molecule has 5 heavy (non-hydrogen) atoms. The molecule has 2 nitrogen and oxygen atoms in total. The molecule has 1 N–H and O–H groups in total. The van der Waals surface area contributed by atoms with Gasteiger partial charge in [0, 0.05) is 5.92 Å². The van der Waals surface area contributed by atoms with E-state index >= 15 is 0 Å². The third kappa shape index (κ3) is 3.03. The molecule has 2 heteroatoms. The molecule has 0 saturated heterocycles. The Balaban J connectivity index is 3.33. The molecule has 0 aromatic carbocycles. The Morgan fingerprint density at radius 3 is 3.00 bits per heavy atom. The van der Waals surface area contributed by atoms with Crippen LogP contribution < -0.4 is 0 Å². The summed E-state index contributed by atoms with van der Waals surface area (Å²) >= 11 is 0. The van der Waals surface area contributed by atoms with Crippen LogP contribution in [0.25, 0.3) is 1.43 Å². The van der Waals surface area contributed by atoms with Crippen molar-refractivity contribution >= 4 is 5.97 Å². The number of hydrogen-bond donors (Lipinski definition) is 1. The lowest BCUT2D eigenvalue weighted by Crippen LogP contribution is -1.83. The van der Waals surface area contributed by atoms with E-state index in [0.29, 0.717) is 0 Å². The predicted octanol–water partition coefficient (Wildman–Crippen LogP) is -0.296. The van der Waals surface area contributed by atoms with Gasteiger partial charge in [-0.15, -0.1) is 6.42 Å². The summed E-state index contributed by atoms with van der Waals surface area (Å²) in [7, 11) is 0. The van der Waals surface area contributed by atoms with Crippen LogP contribution in [0.5, 0.6) is 0 Å². The molecular formula is C3H2O2. The van der Waals surface area contributed by atoms with E-state index < -0.39 is 5.97 Å². The second-order valence-electron chi connectivity index (χ2n) is 0.432. The monoisotopic (exact) mass is 71.0 g/mol. The molecule has 0 rings (SSSR count). The van der Waals surface area contributed by atoms with Gasteiger partial charge >= 0.3 is 5.97 Å². The predicted molar refractivity (Wildman–Crippen MR) is 16.5 cm³/mol. The minimum absolute atomic E-state index is 0.963.